The van der Waals surface area contributed by atoms with Crippen molar-refractivity contribution in [2.75, 3.05) is 0 Å². The number of hydrogen-bond donors (Lipinski definition) is 4. The lowest BCUT2D eigenvalue weighted by molar-refractivity contribution is -0.142. The molecule has 0 aromatic heterocycles. The minimum atomic E-state index is -1.13. The van der Waals surface area contributed by atoms with E-state index in [1.54, 1.807) is 78.9 Å². The van der Waals surface area contributed by atoms with E-state index >= 15 is 0 Å². The molecule has 0 saturated carbocycles. The van der Waals surface area contributed by atoms with Crippen molar-refractivity contribution in [2.24, 2.45) is 16.5 Å². The lowest BCUT2D eigenvalue weighted by Crippen LogP contribution is -2.33. The summed E-state index contributed by atoms with van der Waals surface area (Å²) in [6.45, 7) is 0. The summed E-state index contributed by atoms with van der Waals surface area (Å²) < 4.78 is 5.36. The molecule has 0 aliphatic carbocycles. The normalized spacial score (nSPS) is 11.2. The zero-order chi connectivity index (χ0) is 24.5. The molecule has 0 unspecified atom stereocenters. The third kappa shape index (κ3) is 6.92. The number of nitrogens with two attached hydrogens (primary N) is 2. The fourth-order valence-corrected chi connectivity index (χ4v) is 3.14. The molecule has 3 rings (SSSR count). The lowest BCUT2D eigenvalue weighted by atomic mass is 10.1. The predicted molar refractivity (Wildman–Crippen MR) is 127 cm³/mol. The average Bonchev–Trinajstić information content (AvgIpc) is 2.82. The maximum absolute atomic E-state index is 12.3. The van der Waals surface area contributed by atoms with Gasteiger partial charge in [0.25, 0.3) is 0 Å². The number of carboxylic acids is 1. The number of guanidine groups is 1. The molecule has 174 valence electrons. The Balaban J connectivity index is 1.52. The zero-order valence-electron chi connectivity index (χ0n) is 18.2. The first kappa shape index (κ1) is 24.0. The molecule has 0 radical (unpaired) electrons. The molecule has 3 aromatic rings. The highest BCUT2D eigenvalue weighted by Gasteiger charge is 2.21. The van der Waals surface area contributed by atoms with E-state index in [0.717, 1.165) is 5.56 Å². The summed E-state index contributed by atoms with van der Waals surface area (Å²) in [5, 5.41) is 12.0. The van der Waals surface area contributed by atoms with Crippen LogP contribution in [0.25, 0.3) is 0 Å². The van der Waals surface area contributed by atoms with Crippen molar-refractivity contribution in [3.8, 4) is 5.75 Å². The van der Waals surface area contributed by atoms with Crippen molar-refractivity contribution in [1.82, 2.24) is 5.32 Å². The smallest absolute Gasteiger partial charge is 0.343 e. The molecule has 3 aromatic carbocycles. The van der Waals surface area contributed by atoms with Gasteiger partial charge in [0.15, 0.2) is 12.0 Å². The van der Waals surface area contributed by atoms with Crippen molar-refractivity contribution in [2.45, 2.75) is 18.9 Å². The fraction of sp³-hybridized carbons (Fsp3) is 0.120. The molecule has 0 aliphatic heterocycles. The summed E-state index contributed by atoms with van der Waals surface area (Å²) in [4.78, 5) is 40.0. The Labute approximate surface area is 196 Å². The SMILES string of the molecule is NC(N)=Nc1ccc(C(=O)Oc2ccc(CCC(=O)N[C@H](C(=O)O)c3ccccc3)cc2)cc1. The number of aliphatic carboxylic acids is 1. The summed E-state index contributed by atoms with van der Waals surface area (Å²) >= 11 is 0. The van der Waals surface area contributed by atoms with Crippen LogP contribution in [0.15, 0.2) is 83.9 Å². The molecule has 0 bridgehead atoms. The number of aryl methyl sites for hydroxylation is 1. The van der Waals surface area contributed by atoms with Gasteiger partial charge in [-0.1, -0.05) is 42.5 Å². The number of carbonyl (C=O) groups excluding carboxylic acids is 2. The molecule has 0 spiro atoms. The van der Waals surface area contributed by atoms with Crippen LogP contribution in [0.3, 0.4) is 0 Å². The number of benzene rings is 3. The first-order valence-electron chi connectivity index (χ1n) is 10.4. The Kier molecular flexibility index (Phi) is 7.96. The monoisotopic (exact) mass is 460 g/mol. The number of nitrogens with one attached hydrogen (secondary N) is 1. The predicted octanol–water partition coefficient (Wildman–Crippen LogP) is 2.69. The van der Waals surface area contributed by atoms with E-state index in [2.05, 4.69) is 10.3 Å². The first-order valence-corrected chi connectivity index (χ1v) is 10.4. The van der Waals surface area contributed by atoms with Gasteiger partial charge in [0.1, 0.15) is 5.75 Å². The molecule has 9 heteroatoms. The maximum Gasteiger partial charge on any atom is 0.343 e. The van der Waals surface area contributed by atoms with E-state index < -0.39 is 18.0 Å². The fourth-order valence-electron chi connectivity index (χ4n) is 3.14. The van der Waals surface area contributed by atoms with Crippen LogP contribution >= 0.6 is 0 Å². The largest absolute Gasteiger partial charge is 0.479 e. The van der Waals surface area contributed by atoms with Crippen molar-refractivity contribution < 1.29 is 24.2 Å². The van der Waals surface area contributed by atoms with E-state index in [9.17, 15) is 19.5 Å². The van der Waals surface area contributed by atoms with Gasteiger partial charge >= 0.3 is 11.9 Å². The molecular formula is C25H24N4O5. The number of rotatable bonds is 9. The molecule has 0 fully saturated rings. The van der Waals surface area contributed by atoms with Crippen LogP contribution in [0.5, 0.6) is 5.75 Å². The zero-order valence-corrected chi connectivity index (χ0v) is 18.2. The van der Waals surface area contributed by atoms with Gasteiger partial charge in [0.05, 0.1) is 11.3 Å². The number of ether oxygens (including phenoxy) is 1. The second-order valence-electron chi connectivity index (χ2n) is 7.37. The van der Waals surface area contributed by atoms with Crippen LogP contribution < -0.4 is 21.5 Å². The van der Waals surface area contributed by atoms with Crippen LogP contribution in [-0.2, 0) is 16.0 Å². The van der Waals surface area contributed by atoms with Crippen molar-refractivity contribution in [1.29, 1.82) is 0 Å². The Morgan fingerprint density at radius 3 is 2.15 bits per heavy atom. The van der Waals surface area contributed by atoms with Gasteiger partial charge in [-0.2, -0.15) is 0 Å². The van der Waals surface area contributed by atoms with Crippen molar-refractivity contribution in [3.05, 3.63) is 95.6 Å². The third-order valence-electron chi connectivity index (χ3n) is 4.82. The molecule has 9 nitrogen and oxygen atoms in total. The van der Waals surface area contributed by atoms with Crippen molar-refractivity contribution >= 4 is 29.5 Å². The highest BCUT2D eigenvalue weighted by atomic mass is 16.5. The quantitative estimate of drug-likeness (QED) is 0.165. The van der Waals surface area contributed by atoms with Gasteiger partial charge in [-0.15, -0.1) is 0 Å². The van der Waals surface area contributed by atoms with Gasteiger partial charge in [-0.05, 0) is 53.9 Å². The van der Waals surface area contributed by atoms with E-state index in [1.165, 1.54) is 0 Å². The number of carboxylic acid groups (broad SMARTS) is 1. The molecule has 0 aliphatic rings. The first-order chi connectivity index (χ1) is 16.3. The topological polar surface area (TPSA) is 157 Å². The minimum absolute atomic E-state index is 0.0780. The molecule has 6 N–H and O–H groups in total. The van der Waals surface area contributed by atoms with E-state index in [1.807, 2.05) is 0 Å². The second kappa shape index (κ2) is 11.3. The van der Waals surface area contributed by atoms with Gasteiger partial charge in [0, 0.05) is 6.42 Å². The third-order valence-corrected chi connectivity index (χ3v) is 4.82. The van der Waals surface area contributed by atoms with Gasteiger partial charge in [0.2, 0.25) is 5.91 Å². The summed E-state index contributed by atoms with van der Waals surface area (Å²) in [5.41, 5.74) is 12.8. The van der Waals surface area contributed by atoms with Crippen LogP contribution in [0.2, 0.25) is 0 Å². The van der Waals surface area contributed by atoms with E-state index in [0.29, 0.717) is 29.0 Å². The number of esters is 1. The van der Waals surface area contributed by atoms with E-state index in [-0.39, 0.29) is 18.3 Å². The molecule has 0 heterocycles. The number of carbonyl (C=O) groups is 3. The summed E-state index contributed by atoms with van der Waals surface area (Å²) in [7, 11) is 0. The Bertz CT molecular complexity index is 1170. The van der Waals surface area contributed by atoms with Crippen LogP contribution in [0, 0.1) is 0 Å². The van der Waals surface area contributed by atoms with Crippen LogP contribution in [-0.4, -0.2) is 28.9 Å². The highest BCUT2D eigenvalue weighted by molar-refractivity contribution is 5.91. The maximum atomic E-state index is 12.3. The number of hydrogen-bond acceptors (Lipinski definition) is 5. The Morgan fingerprint density at radius 1 is 0.912 bits per heavy atom. The molecule has 0 saturated heterocycles. The average molecular weight is 460 g/mol. The molecular weight excluding hydrogens is 436 g/mol. The Morgan fingerprint density at radius 2 is 1.56 bits per heavy atom. The number of amides is 1. The summed E-state index contributed by atoms with van der Waals surface area (Å²) in [5.74, 6) is -1.77. The lowest BCUT2D eigenvalue weighted by Gasteiger charge is -2.15. The summed E-state index contributed by atoms with van der Waals surface area (Å²) in [6.07, 6.45) is 0.505. The van der Waals surface area contributed by atoms with Gasteiger partial charge in [-0.3, -0.25) is 4.79 Å². The standard InChI is InChI=1S/C25H24N4O5/c26-25(27)28-19-11-9-18(10-12-19)24(33)34-20-13-6-16(7-14-20)8-15-21(30)29-22(23(31)32)17-4-2-1-3-5-17/h1-7,9-14,22H,8,15H2,(H,29,30)(H,31,32)(H4,26,27,28)/t22-/m0/s1. The van der Waals surface area contributed by atoms with Crippen LogP contribution in [0.1, 0.15) is 33.9 Å². The number of nitrogens with zero attached hydrogens (tertiary/aromatic N) is 1. The van der Waals surface area contributed by atoms with E-state index in [4.69, 9.17) is 16.2 Å². The van der Waals surface area contributed by atoms with Crippen LogP contribution in [0.4, 0.5) is 5.69 Å². The minimum Gasteiger partial charge on any atom is -0.479 e. The van der Waals surface area contributed by atoms with Gasteiger partial charge < -0.3 is 26.6 Å². The van der Waals surface area contributed by atoms with Gasteiger partial charge in [-0.25, -0.2) is 14.6 Å². The second-order valence-corrected chi connectivity index (χ2v) is 7.37. The molecule has 34 heavy (non-hydrogen) atoms. The Hall–Kier alpha value is -4.66. The summed E-state index contributed by atoms with van der Waals surface area (Å²) in [6, 6.07) is 20.4. The highest BCUT2D eigenvalue weighted by Crippen LogP contribution is 2.18. The molecule has 1 amide bonds. The van der Waals surface area contributed by atoms with Crippen molar-refractivity contribution in [3.63, 3.8) is 0 Å². The number of aliphatic imine (C=N–C) groups is 1. The molecule has 1 atom stereocenters.